The molecule has 14 heavy (non-hydrogen) atoms. The summed E-state index contributed by atoms with van der Waals surface area (Å²) in [6, 6.07) is 0. The number of ketones is 1. The third-order valence-electron chi connectivity index (χ3n) is 2.58. The van der Waals surface area contributed by atoms with E-state index in [0.717, 1.165) is 19.3 Å². The van der Waals surface area contributed by atoms with E-state index in [9.17, 15) is 4.79 Å². The molecule has 0 aromatic rings. The van der Waals surface area contributed by atoms with E-state index in [4.69, 9.17) is 4.74 Å². The Morgan fingerprint density at radius 3 is 2.43 bits per heavy atom. The van der Waals surface area contributed by atoms with Crippen molar-refractivity contribution < 1.29 is 9.53 Å². The van der Waals surface area contributed by atoms with Crippen molar-refractivity contribution in [3.63, 3.8) is 0 Å². The molecule has 0 radical (unpaired) electrons. The summed E-state index contributed by atoms with van der Waals surface area (Å²) in [6.45, 7) is 2.13. The summed E-state index contributed by atoms with van der Waals surface area (Å²) < 4.78 is 5.27. The standard InChI is InChI=1S/C12H18O2/c1-3-4-5-8-11(13)12(14-2)9-6-7-10-12/h6-7,9-10H,3-5,8H2,1-2H3. The number of ether oxygens (including phenoxy) is 1. The molecule has 0 N–H and O–H groups in total. The number of carbonyl (C=O) groups excluding carboxylic acids is 1. The number of hydrogen-bond donors (Lipinski definition) is 0. The van der Waals surface area contributed by atoms with E-state index in [1.807, 2.05) is 24.3 Å². The minimum Gasteiger partial charge on any atom is -0.362 e. The lowest BCUT2D eigenvalue weighted by Gasteiger charge is -2.21. The SMILES string of the molecule is CCCCCC(=O)C1(OC)C=CC=C1. The Morgan fingerprint density at radius 1 is 1.29 bits per heavy atom. The molecule has 1 aliphatic rings. The smallest absolute Gasteiger partial charge is 0.172 e. The van der Waals surface area contributed by atoms with E-state index in [2.05, 4.69) is 6.92 Å². The number of carbonyl (C=O) groups is 1. The van der Waals surface area contributed by atoms with Gasteiger partial charge in [-0.3, -0.25) is 4.79 Å². The van der Waals surface area contributed by atoms with Crippen LogP contribution in [0.15, 0.2) is 24.3 Å². The molecule has 0 spiro atoms. The molecule has 0 fully saturated rings. The molecule has 0 aromatic carbocycles. The molecule has 0 amide bonds. The minimum absolute atomic E-state index is 0.165. The van der Waals surface area contributed by atoms with Crippen LogP contribution in [0.1, 0.15) is 32.6 Å². The van der Waals surface area contributed by atoms with Crippen LogP contribution >= 0.6 is 0 Å². The second-order valence-electron chi connectivity index (χ2n) is 3.60. The van der Waals surface area contributed by atoms with E-state index in [-0.39, 0.29) is 5.78 Å². The second-order valence-corrected chi connectivity index (χ2v) is 3.60. The lowest BCUT2D eigenvalue weighted by Crippen LogP contribution is -2.35. The Hall–Kier alpha value is -0.890. The molecule has 0 unspecified atom stereocenters. The van der Waals surface area contributed by atoms with Crippen LogP contribution in [0.2, 0.25) is 0 Å². The summed E-state index contributed by atoms with van der Waals surface area (Å²) in [5.74, 6) is 0.165. The monoisotopic (exact) mass is 194 g/mol. The maximum Gasteiger partial charge on any atom is 0.172 e. The average molecular weight is 194 g/mol. The molecule has 1 rings (SSSR count). The van der Waals surface area contributed by atoms with Crippen molar-refractivity contribution in [3.05, 3.63) is 24.3 Å². The van der Waals surface area contributed by atoms with Crippen molar-refractivity contribution in [2.75, 3.05) is 7.11 Å². The molecule has 0 heterocycles. The molecule has 2 heteroatoms. The van der Waals surface area contributed by atoms with Crippen molar-refractivity contribution in [2.24, 2.45) is 0 Å². The third-order valence-corrected chi connectivity index (χ3v) is 2.58. The summed E-state index contributed by atoms with van der Waals surface area (Å²) in [5.41, 5.74) is -0.756. The van der Waals surface area contributed by atoms with E-state index >= 15 is 0 Å². The van der Waals surface area contributed by atoms with Gasteiger partial charge in [0.1, 0.15) is 0 Å². The number of hydrogen-bond acceptors (Lipinski definition) is 2. The van der Waals surface area contributed by atoms with Gasteiger partial charge in [0, 0.05) is 13.5 Å². The van der Waals surface area contributed by atoms with Gasteiger partial charge in [0.15, 0.2) is 11.4 Å². The van der Waals surface area contributed by atoms with Gasteiger partial charge in [-0.25, -0.2) is 0 Å². The molecule has 0 aliphatic heterocycles. The van der Waals surface area contributed by atoms with Crippen LogP contribution in [0.5, 0.6) is 0 Å². The van der Waals surface area contributed by atoms with Crippen molar-refractivity contribution >= 4 is 5.78 Å². The largest absolute Gasteiger partial charge is 0.362 e. The Bertz CT molecular complexity index is 239. The van der Waals surface area contributed by atoms with Gasteiger partial charge in [-0.2, -0.15) is 0 Å². The molecule has 0 aromatic heterocycles. The molecular formula is C12H18O2. The first kappa shape index (κ1) is 11.2. The molecule has 2 nitrogen and oxygen atoms in total. The lowest BCUT2D eigenvalue weighted by molar-refractivity contribution is -0.131. The zero-order valence-electron chi connectivity index (χ0n) is 8.95. The first-order valence-corrected chi connectivity index (χ1v) is 5.20. The van der Waals surface area contributed by atoms with Crippen LogP contribution in [-0.2, 0) is 9.53 Å². The van der Waals surface area contributed by atoms with E-state index in [0.29, 0.717) is 6.42 Å². The minimum atomic E-state index is -0.756. The summed E-state index contributed by atoms with van der Waals surface area (Å²) >= 11 is 0. The topological polar surface area (TPSA) is 26.3 Å². The van der Waals surface area contributed by atoms with Gasteiger partial charge in [0.25, 0.3) is 0 Å². The number of rotatable bonds is 6. The van der Waals surface area contributed by atoms with Gasteiger partial charge in [-0.05, 0) is 18.6 Å². The highest BCUT2D eigenvalue weighted by Crippen LogP contribution is 2.23. The highest BCUT2D eigenvalue weighted by molar-refractivity contribution is 5.92. The van der Waals surface area contributed by atoms with Crippen LogP contribution in [0.4, 0.5) is 0 Å². The highest BCUT2D eigenvalue weighted by Gasteiger charge is 2.33. The summed E-state index contributed by atoms with van der Waals surface area (Å²) in [7, 11) is 1.58. The average Bonchev–Trinajstić information content (AvgIpc) is 2.67. The van der Waals surface area contributed by atoms with Crippen LogP contribution in [0.3, 0.4) is 0 Å². The molecule has 1 aliphatic carbocycles. The van der Waals surface area contributed by atoms with Gasteiger partial charge < -0.3 is 4.74 Å². The van der Waals surface area contributed by atoms with Gasteiger partial charge >= 0.3 is 0 Å². The fourth-order valence-corrected chi connectivity index (χ4v) is 1.62. The molecule has 0 saturated heterocycles. The summed E-state index contributed by atoms with van der Waals surface area (Å²) in [6.07, 6.45) is 11.2. The van der Waals surface area contributed by atoms with Crippen molar-refractivity contribution in [3.8, 4) is 0 Å². The first-order chi connectivity index (χ1) is 6.75. The van der Waals surface area contributed by atoms with Gasteiger partial charge in [-0.15, -0.1) is 0 Å². The number of methoxy groups -OCH3 is 1. The van der Waals surface area contributed by atoms with E-state index in [1.165, 1.54) is 0 Å². The Labute approximate surface area is 85.6 Å². The van der Waals surface area contributed by atoms with Gasteiger partial charge in [-0.1, -0.05) is 31.9 Å². The third kappa shape index (κ3) is 2.32. The maximum absolute atomic E-state index is 11.8. The van der Waals surface area contributed by atoms with E-state index in [1.54, 1.807) is 7.11 Å². The number of allylic oxidation sites excluding steroid dienone is 2. The molecular weight excluding hydrogens is 176 g/mol. The predicted octanol–water partition coefficient (Wildman–Crippen LogP) is 2.65. The zero-order chi connectivity index (χ0) is 10.4. The lowest BCUT2D eigenvalue weighted by atomic mass is 9.95. The maximum atomic E-state index is 11.8. The zero-order valence-corrected chi connectivity index (χ0v) is 8.95. The normalized spacial score (nSPS) is 17.6. The van der Waals surface area contributed by atoms with Crippen LogP contribution in [0, 0.1) is 0 Å². The Morgan fingerprint density at radius 2 is 1.93 bits per heavy atom. The van der Waals surface area contributed by atoms with Gasteiger partial charge in [0.05, 0.1) is 0 Å². The molecule has 0 atom stereocenters. The Kier molecular flexibility index (Phi) is 4.08. The fourth-order valence-electron chi connectivity index (χ4n) is 1.62. The van der Waals surface area contributed by atoms with Gasteiger partial charge in [0.2, 0.25) is 0 Å². The quantitative estimate of drug-likeness (QED) is 0.608. The van der Waals surface area contributed by atoms with Crippen molar-refractivity contribution in [1.82, 2.24) is 0 Å². The number of unbranched alkanes of at least 4 members (excludes halogenated alkanes) is 2. The number of Topliss-reactive ketones (excluding diaryl/α,β-unsaturated/α-hetero) is 1. The second kappa shape index (κ2) is 5.11. The first-order valence-electron chi connectivity index (χ1n) is 5.20. The Balaban J connectivity index is 2.49. The summed E-state index contributed by atoms with van der Waals surface area (Å²) in [4.78, 5) is 11.8. The summed E-state index contributed by atoms with van der Waals surface area (Å²) in [5, 5.41) is 0. The van der Waals surface area contributed by atoms with Crippen molar-refractivity contribution in [1.29, 1.82) is 0 Å². The highest BCUT2D eigenvalue weighted by atomic mass is 16.5. The molecule has 0 bridgehead atoms. The van der Waals surface area contributed by atoms with Crippen LogP contribution < -0.4 is 0 Å². The molecule has 78 valence electrons. The van der Waals surface area contributed by atoms with Crippen molar-refractivity contribution in [2.45, 2.75) is 38.2 Å². The van der Waals surface area contributed by atoms with Crippen LogP contribution in [-0.4, -0.2) is 18.5 Å². The van der Waals surface area contributed by atoms with E-state index < -0.39 is 5.60 Å². The molecule has 0 saturated carbocycles. The van der Waals surface area contributed by atoms with Crippen LogP contribution in [0.25, 0.3) is 0 Å². The predicted molar refractivity (Wildman–Crippen MR) is 57.2 cm³/mol. The fraction of sp³-hybridized carbons (Fsp3) is 0.583.